The van der Waals surface area contributed by atoms with Crippen LogP contribution in [-0.2, 0) is 4.79 Å². The van der Waals surface area contributed by atoms with Gasteiger partial charge in [-0.25, -0.2) is 0 Å². The van der Waals surface area contributed by atoms with Crippen molar-refractivity contribution in [1.29, 1.82) is 0 Å². The highest BCUT2D eigenvalue weighted by Crippen LogP contribution is 2.28. The van der Waals surface area contributed by atoms with Gasteiger partial charge in [0.1, 0.15) is 0 Å². The average molecular weight is 154 g/mol. The summed E-state index contributed by atoms with van der Waals surface area (Å²) in [4.78, 5) is 17.2. The molecule has 2 heterocycles. The molecule has 10 heavy (non-hydrogen) atoms. The topological polar surface area (TPSA) is 32.7 Å². The van der Waals surface area contributed by atoms with Crippen LogP contribution in [0.1, 0.15) is 0 Å². The number of hydrogen-bond acceptors (Lipinski definition) is 4. The first-order valence-electron chi connectivity index (χ1n) is 3.06. The second kappa shape index (κ2) is 2.12. The van der Waals surface area contributed by atoms with Gasteiger partial charge in [-0.05, 0) is 11.8 Å². The summed E-state index contributed by atoms with van der Waals surface area (Å²) < 4.78 is 0. The highest BCUT2D eigenvalue weighted by Gasteiger charge is 2.23. The van der Waals surface area contributed by atoms with Crippen molar-refractivity contribution in [3.63, 3.8) is 0 Å². The monoisotopic (exact) mass is 154 g/mol. The lowest BCUT2D eigenvalue weighted by Gasteiger charge is -2.04. The molecule has 0 fully saturated rings. The van der Waals surface area contributed by atoms with Crippen LogP contribution < -0.4 is 0 Å². The summed E-state index contributed by atoms with van der Waals surface area (Å²) in [7, 11) is 0. The van der Waals surface area contributed by atoms with Crippen LogP contribution in [0.4, 0.5) is 0 Å². The number of fused-ring (bicyclic) bond motifs is 1. The summed E-state index contributed by atoms with van der Waals surface area (Å²) in [6.07, 6.45) is 2.72. The zero-order chi connectivity index (χ0) is 6.97. The third-order valence-corrected chi connectivity index (χ3v) is 2.43. The number of aliphatic imine (C=N–C) groups is 1. The predicted molar refractivity (Wildman–Crippen MR) is 40.7 cm³/mol. The first-order chi connectivity index (χ1) is 4.90. The van der Waals surface area contributed by atoms with Crippen molar-refractivity contribution in [2.45, 2.75) is 0 Å². The van der Waals surface area contributed by atoms with Crippen LogP contribution in [0.3, 0.4) is 0 Å². The van der Waals surface area contributed by atoms with Crippen molar-refractivity contribution in [2.75, 3.05) is 13.1 Å². The lowest BCUT2D eigenvalue weighted by Crippen LogP contribution is -2.14. The zero-order valence-electron chi connectivity index (χ0n) is 5.28. The third-order valence-electron chi connectivity index (χ3n) is 1.44. The number of thioether (sulfide) groups is 1. The molecule has 0 aromatic carbocycles. The Morgan fingerprint density at radius 2 is 2.70 bits per heavy atom. The summed E-state index contributed by atoms with van der Waals surface area (Å²) in [6.45, 7) is 1.80. The molecule has 3 nitrogen and oxygen atoms in total. The Labute approximate surface area is 62.8 Å². The maximum atomic E-state index is 10.3. The minimum Gasteiger partial charge on any atom is -0.324 e. The Balaban J connectivity index is 2.23. The summed E-state index contributed by atoms with van der Waals surface area (Å²) in [5.41, 5.74) is 0. The van der Waals surface area contributed by atoms with Crippen molar-refractivity contribution >= 4 is 23.2 Å². The first kappa shape index (κ1) is 5.97. The fourth-order valence-corrected chi connectivity index (χ4v) is 1.85. The van der Waals surface area contributed by atoms with Gasteiger partial charge >= 0.3 is 0 Å². The molecule has 0 atom stereocenters. The van der Waals surface area contributed by atoms with E-state index in [1.54, 1.807) is 0 Å². The van der Waals surface area contributed by atoms with Crippen molar-refractivity contribution in [2.24, 2.45) is 4.99 Å². The van der Waals surface area contributed by atoms with Gasteiger partial charge in [0.15, 0.2) is 11.5 Å². The van der Waals surface area contributed by atoms with Crippen molar-refractivity contribution in [3.8, 4) is 0 Å². The molecule has 0 aromatic rings. The highest BCUT2D eigenvalue weighted by molar-refractivity contribution is 8.18. The fraction of sp³-hybridized carbons (Fsp3) is 0.333. The molecule has 0 saturated heterocycles. The van der Waals surface area contributed by atoms with Crippen molar-refractivity contribution in [1.82, 2.24) is 4.90 Å². The molecule has 0 N–H and O–H groups in total. The molecule has 0 spiro atoms. The number of carbonyl (C=O) groups is 1. The number of carbonyl (C=O) groups excluding carboxylic acids is 1. The van der Waals surface area contributed by atoms with E-state index in [0.29, 0.717) is 0 Å². The van der Waals surface area contributed by atoms with Crippen LogP contribution in [0.15, 0.2) is 16.1 Å². The molecule has 2 rings (SSSR count). The second-order valence-electron chi connectivity index (χ2n) is 2.11. The molecule has 2 aliphatic rings. The fourth-order valence-electron chi connectivity index (χ4n) is 0.990. The molecule has 4 heteroatoms. The summed E-state index contributed by atoms with van der Waals surface area (Å²) >= 11 is 1.45. The minimum absolute atomic E-state index is 0.762. The van der Waals surface area contributed by atoms with E-state index in [-0.39, 0.29) is 0 Å². The van der Waals surface area contributed by atoms with E-state index in [4.69, 9.17) is 0 Å². The maximum absolute atomic E-state index is 10.3. The van der Waals surface area contributed by atoms with Gasteiger partial charge in [0, 0.05) is 12.7 Å². The molecule has 0 aromatic heterocycles. The molecule has 0 amide bonds. The normalized spacial score (nSPS) is 22.2. The van der Waals surface area contributed by atoms with E-state index in [2.05, 4.69) is 4.99 Å². The van der Waals surface area contributed by atoms with E-state index < -0.39 is 0 Å². The molecule has 0 radical (unpaired) electrons. The van der Waals surface area contributed by atoms with Gasteiger partial charge in [-0.2, -0.15) is 0 Å². The van der Waals surface area contributed by atoms with E-state index in [1.807, 2.05) is 11.1 Å². The summed E-state index contributed by atoms with van der Waals surface area (Å²) in [6, 6.07) is 0. The lowest BCUT2D eigenvalue weighted by atomic mass is 10.6. The minimum atomic E-state index is 0.762. The Hall–Kier alpha value is -0.770. The quantitative estimate of drug-likeness (QED) is 0.514. The molecular weight excluding hydrogens is 148 g/mol. The number of nitrogens with zero attached hydrogens (tertiary/aromatic N) is 2. The SMILES string of the molecule is O=CC1=CN2CCN=C2S1. The number of rotatable bonds is 1. The van der Waals surface area contributed by atoms with Crippen LogP contribution in [0.2, 0.25) is 0 Å². The van der Waals surface area contributed by atoms with Crippen LogP contribution in [0.5, 0.6) is 0 Å². The van der Waals surface area contributed by atoms with E-state index in [9.17, 15) is 4.79 Å². The number of aldehydes is 1. The van der Waals surface area contributed by atoms with Crippen molar-refractivity contribution < 1.29 is 4.79 Å². The predicted octanol–water partition coefficient (Wildman–Crippen LogP) is 0.445. The average Bonchev–Trinajstić information content (AvgIpc) is 2.42. The van der Waals surface area contributed by atoms with Gasteiger partial charge in [-0.3, -0.25) is 9.79 Å². The standard InChI is InChI=1S/C6H6N2OS/c9-4-5-3-8-2-1-7-6(8)10-5/h3-4H,1-2H2. The van der Waals surface area contributed by atoms with E-state index >= 15 is 0 Å². The first-order valence-corrected chi connectivity index (χ1v) is 3.88. The maximum Gasteiger partial charge on any atom is 0.168 e. The summed E-state index contributed by atoms with van der Waals surface area (Å²) in [5, 5.41) is 0.974. The Morgan fingerprint density at radius 1 is 1.80 bits per heavy atom. The molecule has 52 valence electrons. The molecule has 0 saturated carbocycles. The van der Waals surface area contributed by atoms with Crippen LogP contribution in [0, 0.1) is 0 Å². The molecule has 0 unspecified atom stereocenters. The van der Waals surface area contributed by atoms with Crippen LogP contribution >= 0.6 is 11.8 Å². The summed E-state index contributed by atoms with van der Waals surface area (Å²) in [5.74, 6) is 0. The smallest absolute Gasteiger partial charge is 0.168 e. The van der Waals surface area contributed by atoms with E-state index in [0.717, 1.165) is 29.4 Å². The molecule has 0 bridgehead atoms. The van der Waals surface area contributed by atoms with E-state index in [1.165, 1.54) is 11.8 Å². The number of amidine groups is 1. The number of hydrogen-bond donors (Lipinski definition) is 0. The Morgan fingerprint density at radius 3 is 3.40 bits per heavy atom. The van der Waals surface area contributed by atoms with Gasteiger partial charge in [0.05, 0.1) is 11.4 Å². The Bertz CT molecular complexity index is 234. The van der Waals surface area contributed by atoms with Gasteiger partial charge in [0.2, 0.25) is 0 Å². The van der Waals surface area contributed by atoms with Gasteiger partial charge in [0.25, 0.3) is 0 Å². The van der Waals surface area contributed by atoms with Gasteiger partial charge in [-0.15, -0.1) is 0 Å². The van der Waals surface area contributed by atoms with Gasteiger partial charge in [-0.1, -0.05) is 0 Å². The highest BCUT2D eigenvalue weighted by atomic mass is 32.2. The largest absolute Gasteiger partial charge is 0.324 e. The van der Waals surface area contributed by atoms with Crippen molar-refractivity contribution in [3.05, 3.63) is 11.1 Å². The molecular formula is C6H6N2OS. The Kier molecular flexibility index (Phi) is 1.27. The van der Waals surface area contributed by atoms with Crippen LogP contribution in [0.25, 0.3) is 0 Å². The van der Waals surface area contributed by atoms with Crippen LogP contribution in [-0.4, -0.2) is 29.4 Å². The molecule has 2 aliphatic heterocycles. The number of allylic oxidation sites excluding steroid dienone is 1. The third kappa shape index (κ3) is 0.759. The lowest BCUT2D eigenvalue weighted by molar-refractivity contribution is -0.104. The van der Waals surface area contributed by atoms with Gasteiger partial charge < -0.3 is 4.90 Å². The second-order valence-corrected chi connectivity index (χ2v) is 3.15. The zero-order valence-corrected chi connectivity index (χ0v) is 6.10. The molecule has 0 aliphatic carbocycles.